The van der Waals surface area contributed by atoms with Gasteiger partial charge in [-0.1, -0.05) is 69.3 Å². The normalized spacial score (nSPS) is 23.6. The van der Waals surface area contributed by atoms with Gasteiger partial charge in [0.25, 0.3) is 0 Å². The van der Waals surface area contributed by atoms with Crippen LogP contribution in [0.15, 0.2) is 65.6 Å². The monoisotopic (exact) mass is 434 g/mol. The van der Waals surface area contributed by atoms with Crippen LogP contribution in [0.25, 0.3) is 0 Å². The maximum absolute atomic E-state index is 13.5. The van der Waals surface area contributed by atoms with Gasteiger partial charge in [0, 0.05) is 0 Å². The lowest BCUT2D eigenvalue weighted by Crippen LogP contribution is -2.43. The minimum atomic E-state index is -3.96. The number of epoxide rings is 1. The van der Waals surface area contributed by atoms with Gasteiger partial charge in [-0.2, -0.15) is 0 Å². The van der Waals surface area contributed by atoms with E-state index >= 15 is 0 Å². The second-order valence-electron chi connectivity index (χ2n) is 9.03. The molecule has 0 radical (unpaired) electrons. The zero-order chi connectivity index (χ0) is 21.5. The van der Waals surface area contributed by atoms with Gasteiger partial charge in [-0.05, 0) is 35.8 Å². The van der Waals surface area contributed by atoms with Gasteiger partial charge in [0.2, 0.25) is 14.8 Å². The van der Waals surface area contributed by atoms with Crippen molar-refractivity contribution in [1.82, 2.24) is 0 Å². The van der Waals surface area contributed by atoms with Crippen molar-refractivity contribution in [3.05, 3.63) is 66.2 Å². The summed E-state index contributed by atoms with van der Waals surface area (Å²) in [6.07, 6.45) is -2.06. The van der Waals surface area contributed by atoms with Gasteiger partial charge >= 0.3 is 0 Å². The molecule has 7 heteroatoms. The minimum absolute atomic E-state index is 0.0130. The second kappa shape index (κ2) is 7.63. The highest BCUT2D eigenvalue weighted by molar-refractivity contribution is 7.93. The third-order valence-corrected chi connectivity index (χ3v) is 12.9. The van der Waals surface area contributed by atoms with Crippen LogP contribution in [0.2, 0.25) is 18.1 Å². The summed E-state index contributed by atoms with van der Waals surface area (Å²) in [5.74, 6) is 0. The Balaban J connectivity index is 1.95. The van der Waals surface area contributed by atoms with Crippen LogP contribution in [0.5, 0.6) is 0 Å². The number of hydrogen-bond donors (Lipinski definition) is 1. The zero-order valence-corrected chi connectivity index (χ0v) is 19.4. The van der Waals surface area contributed by atoms with E-state index in [2.05, 4.69) is 33.9 Å². The first-order chi connectivity index (χ1) is 13.4. The Kier molecular flexibility index (Phi) is 5.84. The fourth-order valence-corrected chi connectivity index (χ4v) is 6.09. The first-order valence-corrected chi connectivity index (χ1v) is 14.2. The van der Waals surface area contributed by atoms with E-state index in [9.17, 15) is 13.5 Å². The van der Waals surface area contributed by atoms with E-state index in [0.717, 1.165) is 0 Å². The average molecular weight is 435 g/mol. The summed E-state index contributed by atoms with van der Waals surface area (Å²) in [5.41, 5.74) is 0.502. The molecule has 0 spiro atoms. The number of aliphatic hydroxyl groups excluding tert-OH is 1. The molecule has 1 aliphatic heterocycles. The van der Waals surface area contributed by atoms with E-state index in [0.29, 0.717) is 5.56 Å². The Bertz CT molecular complexity index is 938. The summed E-state index contributed by atoms with van der Waals surface area (Å²) in [5, 5.41) is 11.1. The van der Waals surface area contributed by atoms with Crippen molar-refractivity contribution in [2.75, 3.05) is 6.61 Å². The maximum atomic E-state index is 13.5. The lowest BCUT2D eigenvalue weighted by molar-refractivity contribution is 0.116. The second-order valence-corrected chi connectivity index (χ2v) is 16.0. The van der Waals surface area contributed by atoms with Crippen LogP contribution < -0.4 is 0 Å². The highest BCUT2D eigenvalue weighted by atomic mass is 32.2. The van der Waals surface area contributed by atoms with E-state index in [4.69, 9.17) is 9.16 Å². The molecule has 0 amide bonds. The largest absolute Gasteiger partial charge is 0.414 e. The summed E-state index contributed by atoms with van der Waals surface area (Å²) in [6.45, 7) is 10.7. The summed E-state index contributed by atoms with van der Waals surface area (Å²) in [7, 11) is -6.06. The minimum Gasteiger partial charge on any atom is -0.414 e. The number of ether oxygens (including phenoxy) is 1. The molecule has 5 nitrogen and oxygen atoms in total. The fraction of sp³-hybridized carbons (Fsp3) is 0.455. The summed E-state index contributed by atoms with van der Waals surface area (Å²) in [4.78, 5) is -1.62. The predicted octanol–water partition coefficient (Wildman–Crippen LogP) is 4.31. The van der Waals surface area contributed by atoms with E-state index in [-0.39, 0.29) is 16.5 Å². The molecule has 2 aromatic rings. The van der Waals surface area contributed by atoms with E-state index in [1.807, 2.05) is 6.07 Å². The summed E-state index contributed by atoms with van der Waals surface area (Å²) in [6, 6.07) is 16.9. The van der Waals surface area contributed by atoms with Crippen LogP contribution >= 0.6 is 0 Å². The fourth-order valence-electron chi connectivity index (χ4n) is 3.11. The summed E-state index contributed by atoms with van der Waals surface area (Å²) >= 11 is 0. The van der Waals surface area contributed by atoms with Gasteiger partial charge in [-0.15, -0.1) is 0 Å². The number of aliphatic hydroxyl groups is 1. The van der Waals surface area contributed by atoms with Crippen LogP contribution in [0.4, 0.5) is 0 Å². The number of benzene rings is 2. The van der Waals surface area contributed by atoms with Gasteiger partial charge in [0.15, 0.2) is 8.32 Å². The molecule has 1 unspecified atom stereocenters. The molecule has 1 aliphatic rings. The van der Waals surface area contributed by atoms with Gasteiger partial charge in [0.1, 0.15) is 12.2 Å². The van der Waals surface area contributed by atoms with Crippen molar-refractivity contribution in [3.8, 4) is 0 Å². The van der Waals surface area contributed by atoms with Crippen LogP contribution in [0.1, 0.15) is 32.4 Å². The van der Waals surface area contributed by atoms with Crippen molar-refractivity contribution in [2.45, 2.75) is 60.9 Å². The van der Waals surface area contributed by atoms with Crippen molar-refractivity contribution in [2.24, 2.45) is 0 Å². The van der Waals surface area contributed by atoms with Crippen LogP contribution in [-0.4, -0.2) is 39.5 Å². The van der Waals surface area contributed by atoms with E-state index < -0.39 is 35.3 Å². The van der Waals surface area contributed by atoms with Crippen molar-refractivity contribution >= 4 is 18.2 Å². The molecule has 1 fully saturated rings. The molecule has 158 valence electrons. The molecule has 1 N–H and O–H groups in total. The summed E-state index contributed by atoms with van der Waals surface area (Å²) < 4.78 is 39.1. The third-order valence-electron chi connectivity index (χ3n) is 6.09. The average Bonchev–Trinajstić information content (AvgIpc) is 3.43. The molecule has 3 rings (SSSR count). The van der Waals surface area contributed by atoms with Crippen LogP contribution in [0.3, 0.4) is 0 Å². The molecular formula is C22H30O5SSi. The predicted molar refractivity (Wildman–Crippen MR) is 116 cm³/mol. The van der Waals surface area contributed by atoms with E-state index in [1.54, 1.807) is 42.5 Å². The Morgan fingerprint density at radius 1 is 1.07 bits per heavy atom. The molecular weight excluding hydrogens is 404 g/mol. The molecule has 1 saturated heterocycles. The van der Waals surface area contributed by atoms with Gasteiger partial charge in [-0.25, -0.2) is 8.42 Å². The van der Waals surface area contributed by atoms with Crippen molar-refractivity contribution in [1.29, 1.82) is 0 Å². The van der Waals surface area contributed by atoms with Gasteiger partial charge in [-0.3, -0.25) is 0 Å². The van der Waals surface area contributed by atoms with Crippen molar-refractivity contribution in [3.63, 3.8) is 0 Å². The Hall–Kier alpha value is -1.51. The Morgan fingerprint density at radius 2 is 1.59 bits per heavy atom. The standard InChI is InChI=1S/C22H30O5SSi/c1-21(2,3)29(4,5)26-16-19-22(27-19,20(23)17-12-8-6-9-13-17)28(24,25)18-14-10-7-11-15-18/h6-15,19-20,23H,16H2,1-5H3/t19-,20?,22+/m0/s1. The molecule has 1 heterocycles. The molecule has 0 aromatic heterocycles. The highest BCUT2D eigenvalue weighted by Gasteiger charge is 2.71. The Labute approximate surface area is 174 Å². The molecule has 29 heavy (non-hydrogen) atoms. The number of rotatable bonds is 7. The first-order valence-electron chi connectivity index (χ1n) is 9.78. The van der Waals surface area contributed by atoms with Crippen LogP contribution in [0, 0.1) is 0 Å². The lowest BCUT2D eigenvalue weighted by Gasteiger charge is -2.36. The topological polar surface area (TPSA) is 76.1 Å². The molecule has 0 saturated carbocycles. The molecule has 3 atom stereocenters. The van der Waals surface area contributed by atoms with Gasteiger partial charge in [0.05, 0.1) is 11.5 Å². The number of hydrogen-bond acceptors (Lipinski definition) is 5. The quantitative estimate of drug-likeness (QED) is 0.519. The molecule has 0 aliphatic carbocycles. The lowest BCUT2D eigenvalue weighted by atomic mass is 10.0. The van der Waals surface area contributed by atoms with E-state index in [1.165, 1.54) is 12.1 Å². The smallest absolute Gasteiger partial charge is 0.232 e. The van der Waals surface area contributed by atoms with Gasteiger partial charge < -0.3 is 14.3 Å². The van der Waals surface area contributed by atoms with Crippen LogP contribution in [-0.2, 0) is 19.0 Å². The SMILES string of the molecule is CC(C)(C)[Si](C)(C)OC[C@@H]1O[C@@]1(C(O)c1ccccc1)S(=O)(=O)c1ccccc1. The molecule has 0 bridgehead atoms. The van der Waals surface area contributed by atoms with Crippen molar-refractivity contribution < 1.29 is 22.7 Å². The number of sulfone groups is 1. The first kappa shape index (κ1) is 22.2. The Morgan fingerprint density at radius 3 is 2.10 bits per heavy atom. The maximum Gasteiger partial charge on any atom is 0.232 e. The zero-order valence-electron chi connectivity index (χ0n) is 17.6. The molecule has 2 aromatic carbocycles. The third kappa shape index (κ3) is 3.94. The highest BCUT2D eigenvalue weighted by Crippen LogP contribution is 2.53.